The van der Waals surface area contributed by atoms with Gasteiger partial charge in [0.1, 0.15) is 0 Å². The van der Waals surface area contributed by atoms with Crippen LogP contribution in [0.25, 0.3) is 87.6 Å². The molecular formula is C81H66N2. The Bertz CT molecular complexity index is 4730. The SMILES string of the molecule is Cc1cccc(N(c2ccc(C(C)(C)C)cc2)c2ccc3c(-c4ccc5c(c4)C(C)(C)c4ccc6ccccc6c4-5)c4cc(N(c5ccccc5)c5ccccc5)ccc4c(-c4ccc5c(c4)C(C)(C)c4ccc6ccccc6c4-5)c3c2)c1. The van der Waals surface area contributed by atoms with Crippen LogP contribution >= 0.6 is 0 Å². The van der Waals surface area contributed by atoms with E-state index in [1.165, 1.54) is 121 Å². The van der Waals surface area contributed by atoms with Crippen molar-refractivity contribution in [1.29, 1.82) is 0 Å². The number of para-hydroxylation sites is 2. The van der Waals surface area contributed by atoms with Gasteiger partial charge < -0.3 is 9.80 Å². The third-order valence-corrected chi connectivity index (χ3v) is 18.6. The molecule has 0 aromatic heterocycles. The first-order valence-corrected chi connectivity index (χ1v) is 29.5. The lowest BCUT2D eigenvalue weighted by atomic mass is 9.79. The number of nitrogens with zero attached hydrogens (tertiary/aromatic N) is 2. The van der Waals surface area contributed by atoms with Gasteiger partial charge in [0.05, 0.1) is 0 Å². The fourth-order valence-corrected chi connectivity index (χ4v) is 14.4. The molecule has 0 unspecified atom stereocenters. The van der Waals surface area contributed by atoms with Crippen LogP contribution in [0.15, 0.2) is 255 Å². The maximum Gasteiger partial charge on any atom is 0.0468 e. The molecule has 0 aliphatic heterocycles. The van der Waals surface area contributed by atoms with Gasteiger partial charge in [0.2, 0.25) is 0 Å². The number of anilines is 6. The molecule has 2 heteroatoms. The van der Waals surface area contributed by atoms with Gasteiger partial charge in [-0.25, -0.2) is 0 Å². The van der Waals surface area contributed by atoms with Crippen LogP contribution in [-0.2, 0) is 16.2 Å². The molecule has 0 fully saturated rings. The number of hydrogen-bond donors (Lipinski definition) is 0. The first-order chi connectivity index (χ1) is 40.2. The Morgan fingerprint density at radius 1 is 0.289 bits per heavy atom. The average molecular weight is 1070 g/mol. The molecule has 0 amide bonds. The quantitative estimate of drug-likeness (QED) is 0.140. The number of rotatable bonds is 8. The van der Waals surface area contributed by atoms with Crippen LogP contribution < -0.4 is 9.80 Å². The third kappa shape index (κ3) is 7.98. The Hall–Kier alpha value is -9.50. The lowest BCUT2D eigenvalue weighted by Crippen LogP contribution is -2.15. The van der Waals surface area contributed by atoms with Crippen molar-refractivity contribution < 1.29 is 0 Å². The van der Waals surface area contributed by atoms with Crippen LogP contribution in [0.2, 0.25) is 0 Å². The summed E-state index contributed by atoms with van der Waals surface area (Å²) in [6.45, 7) is 18.7. The van der Waals surface area contributed by atoms with Crippen molar-refractivity contribution in [2.45, 2.75) is 71.6 Å². The van der Waals surface area contributed by atoms with Crippen molar-refractivity contribution in [3.05, 3.63) is 288 Å². The van der Waals surface area contributed by atoms with E-state index in [-0.39, 0.29) is 16.2 Å². The second-order valence-electron chi connectivity index (χ2n) is 25.4. The van der Waals surface area contributed by atoms with Crippen LogP contribution in [0, 0.1) is 6.92 Å². The highest BCUT2D eigenvalue weighted by molar-refractivity contribution is 6.23. The lowest BCUT2D eigenvalue weighted by Gasteiger charge is -2.29. The van der Waals surface area contributed by atoms with Gasteiger partial charge in [-0.15, -0.1) is 0 Å². The largest absolute Gasteiger partial charge is 0.310 e. The monoisotopic (exact) mass is 1070 g/mol. The van der Waals surface area contributed by atoms with E-state index >= 15 is 0 Å². The summed E-state index contributed by atoms with van der Waals surface area (Å²) in [5, 5.41) is 9.99. The Balaban J connectivity index is 1.05. The van der Waals surface area contributed by atoms with Crippen molar-refractivity contribution in [2.24, 2.45) is 0 Å². The molecule has 2 aliphatic rings. The summed E-state index contributed by atoms with van der Waals surface area (Å²) in [7, 11) is 0. The molecule has 0 saturated carbocycles. The zero-order valence-corrected chi connectivity index (χ0v) is 48.6. The fraction of sp³-hybridized carbons (Fsp3) is 0.136. The van der Waals surface area contributed by atoms with Crippen LogP contribution in [0.1, 0.15) is 81.8 Å². The molecule has 2 aliphatic carbocycles. The standard InChI is InChI=1S/C81H66N2/c1-51-20-19-27-60(46-51)83(59-36-34-56(35-37-59)79(2,3)4)62-39-43-66-70(50-62)76(55-31-41-68-74(48-55)81(7,8)72-45-33-53-22-16-18-29-64(53)78(68)72)65-42-38-61(82(57-23-11-9-12-24-57)58-25-13-10-14-26-58)49-69(65)75(66)54-30-40-67-73(47-54)80(5,6)71-44-32-52-21-15-17-28-63(52)77(67)71/h9-50H,1-8H3. The second kappa shape index (κ2) is 18.8. The molecule has 400 valence electrons. The van der Waals surface area contributed by atoms with Gasteiger partial charge in [-0.1, -0.05) is 218 Å². The first-order valence-electron chi connectivity index (χ1n) is 29.5. The number of benzene rings is 13. The zero-order valence-electron chi connectivity index (χ0n) is 48.6. The van der Waals surface area contributed by atoms with Crippen molar-refractivity contribution in [3.8, 4) is 44.5 Å². The summed E-state index contributed by atoms with van der Waals surface area (Å²) in [4.78, 5) is 4.87. The van der Waals surface area contributed by atoms with Crippen molar-refractivity contribution >= 4 is 77.2 Å². The molecular weight excluding hydrogens is 1000 g/mol. The van der Waals surface area contributed by atoms with Gasteiger partial charge in [-0.05, 0) is 218 Å². The van der Waals surface area contributed by atoms with Crippen molar-refractivity contribution in [3.63, 3.8) is 0 Å². The van der Waals surface area contributed by atoms with Crippen LogP contribution in [0.5, 0.6) is 0 Å². The molecule has 83 heavy (non-hydrogen) atoms. The Labute approximate surface area is 488 Å². The topological polar surface area (TPSA) is 6.48 Å². The second-order valence-corrected chi connectivity index (χ2v) is 25.4. The van der Waals surface area contributed by atoms with E-state index < -0.39 is 0 Å². The van der Waals surface area contributed by atoms with Gasteiger partial charge in [-0.2, -0.15) is 0 Å². The summed E-state index contributed by atoms with van der Waals surface area (Å²) >= 11 is 0. The molecule has 0 bridgehead atoms. The highest BCUT2D eigenvalue weighted by Crippen LogP contribution is 2.57. The van der Waals surface area contributed by atoms with Gasteiger partial charge >= 0.3 is 0 Å². The predicted molar refractivity (Wildman–Crippen MR) is 355 cm³/mol. The van der Waals surface area contributed by atoms with Crippen LogP contribution in [0.4, 0.5) is 34.1 Å². The molecule has 0 heterocycles. The van der Waals surface area contributed by atoms with Gasteiger partial charge in [-0.3, -0.25) is 0 Å². The molecule has 13 aromatic carbocycles. The summed E-state index contributed by atoms with van der Waals surface area (Å²) in [5.74, 6) is 0. The van der Waals surface area contributed by atoms with E-state index in [1.807, 2.05) is 0 Å². The Morgan fingerprint density at radius 3 is 1.17 bits per heavy atom. The third-order valence-electron chi connectivity index (χ3n) is 18.6. The van der Waals surface area contributed by atoms with Crippen molar-refractivity contribution in [2.75, 3.05) is 9.80 Å². The normalized spacial score (nSPS) is 13.7. The smallest absolute Gasteiger partial charge is 0.0468 e. The minimum Gasteiger partial charge on any atom is -0.310 e. The molecule has 13 aromatic rings. The van der Waals surface area contributed by atoms with Gasteiger partial charge in [0.25, 0.3) is 0 Å². The Kier molecular flexibility index (Phi) is 11.4. The van der Waals surface area contributed by atoms with E-state index in [0.717, 1.165) is 34.1 Å². The molecule has 15 rings (SSSR count). The van der Waals surface area contributed by atoms with E-state index in [4.69, 9.17) is 0 Å². The molecule has 2 nitrogen and oxygen atoms in total. The summed E-state index contributed by atoms with van der Waals surface area (Å²) in [6, 6.07) is 96.4. The zero-order chi connectivity index (χ0) is 56.5. The highest BCUT2D eigenvalue weighted by Gasteiger charge is 2.39. The summed E-state index contributed by atoms with van der Waals surface area (Å²) < 4.78 is 0. The molecule has 0 radical (unpaired) electrons. The van der Waals surface area contributed by atoms with Crippen LogP contribution in [0.3, 0.4) is 0 Å². The van der Waals surface area contributed by atoms with E-state index in [9.17, 15) is 0 Å². The molecule has 0 N–H and O–H groups in total. The lowest BCUT2D eigenvalue weighted by molar-refractivity contribution is 0.590. The number of hydrogen-bond acceptors (Lipinski definition) is 2. The molecule has 0 spiro atoms. The number of fused-ring (bicyclic) bond motifs is 12. The summed E-state index contributed by atoms with van der Waals surface area (Å²) in [6.07, 6.45) is 0. The highest BCUT2D eigenvalue weighted by atomic mass is 15.1. The first kappa shape index (κ1) is 50.5. The minimum atomic E-state index is -0.234. The van der Waals surface area contributed by atoms with Gasteiger partial charge in [0, 0.05) is 45.0 Å². The molecule has 0 atom stereocenters. The Morgan fingerprint density at radius 2 is 0.699 bits per heavy atom. The van der Waals surface area contributed by atoms with E-state index in [2.05, 4.69) is 320 Å². The minimum absolute atomic E-state index is 0.0172. The predicted octanol–water partition coefficient (Wildman–Crippen LogP) is 22.8. The van der Waals surface area contributed by atoms with E-state index in [1.54, 1.807) is 0 Å². The van der Waals surface area contributed by atoms with E-state index in [0.29, 0.717) is 0 Å². The number of aryl methyl sites for hydroxylation is 1. The average Bonchev–Trinajstić information content (AvgIpc) is 3.80. The fourth-order valence-electron chi connectivity index (χ4n) is 14.4. The maximum absolute atomic E-state index is 2.54. The molecule has 0 saturated heterocycles. The summed E-state index contributed by atoms with van der Waals surface area (Å²) in [5.41, 5.74) is 24.4. The van der Waals surface area contributed by atoms with Crippen LogP contribution in [-0.4, -0.2) is 0 Å². The maximum atomic E-state index is 2.54. The van der Waals surface area contributed by atoms with Crippen molar-refractivity contribution in [1.82, 2.24) is 0 Å². The van der Waals surface area contributed by atoms with Gasteiger partial charge in [0.15, 0.2) is 0 Å².